The number of rotatable bonds is 4. The molecule has 2 nitrogen and oxygen atoms in total. The van der Waals surface area contributed by atoms with E-state index in [1.807, 2.05) is 0 Å². The molecule has 1 heterocycles. The Kier molecular flexibility index (Phi) is 2.92. The van der Waals surface area contributed by atoms with Crippen LogP contribution in [0.25, 0.3) is 0 Å². The number of nitrogens with one attached hydrogen (secondary N) is 1. The van der Waals surface area contributed by atoms with Crippen LogP contribution >= 0.6 is 0 Å². The molecule has 0 saturated heterocycles. The summed E-state index contributed by atoms with van der Waals surface area (Å²) < 4.78 is 5.63. The van der Waals surface area contributed by atoms with Crippen molar-refractivity contribution in [3.05, 3.63) is 23.8 Å². The first-order valence-electron chi connectivity index (χ1n) is 5.40. The Hall–Kier alpha value is -1.18. The van der Waals surface area contributed by atoms with Crippen molar-refractivity contribution in [2.75, 3.05) is 18.5 Å². The van der Waals surface area contributed by atoms with E-state index in [4.69, 9.17) is 4.74 Å². The van der Waals surface area contributed by atoms with E-state index in [2.05, 4.69) is 30.4 Å². The van der Waals surface area contributed by atoms with Crippen molar-refractivity contribution in [2.45, 2.75) is 26.2 Å². The van der Waals surface area contributed by atoms with Gasteiger partial charge >= 0.3 is 0 Å². The molecular formula is C12H17NO. The molecule has 0 bridgehead atoms. The molecule has 0 amide bonds. The van der Waals surface area contributed by atoms with Gasteiger partial charge in [-0.05, 0) is 24.5 Å². The van der Waals surface area contributed by atoms with E-state index in [9.17, 15) is 0 Å². The minimum Gasteiger partial charge on any atom is -0.494 e. The zero-order valence-corrected chi connectivity index (χ0v) is 8.68. The van der Waals surface area contributed by atoms with Gasteiger partial charge in [-0.25, -0.2) is 0 Å². The Morgan fingerprint density at radius 2 is 2.36 bits per heavy atom. The van der Waals surface area contributed by atoms with Gasteiger partial charge in [0.1, 0.15) is 5.75 Å². The number of benzene rings is 1. The van der Waals surface area contributed by atoms with Gasteiger partial charge in [0.25, 0.3) is 0 Å². The predicted molar refractivity (Wildman–Crippen MR) is 59.0 cm³/mol. The van der Waals surface area contributed by atoms with Gasteiger partial charge in [0.2, 0.25) is 0 Å². The average Bonchev–Trinajstić information content (AvgIpc) is 2.65. The topological polar surface area (TPSA) is 21.3 Å². The normalized spacial score (nSPS) is 13.5. The maximum Gasteiger partial charge on any atom is 0.121 e. The SMILES string of the molecule is CCCCOc1ccc2c(c1)NCC2. The quantitative estimate of drug-likeness (QED) is 0.739. The molecule has 0 atom stereocenters. The van der Waals surface area contributed by atoms with Gasteiger partial charge in [-0.2, -0.15) is 0 Å². The van der Waals surface area contributed by atoms with Crippen molar-refractivity contribution in [3.8, 4) is 5.75 Å². The number of ether oxygens (including phenoxy) is 1. The first-order valence-corrected chi connectivity index (χ1v) is 5.40. The maximum absolute atomic E-state index is 5.63. The van der Waals surface area contributed by atoms with Crippen LogP contribution in [-0.4, -0.2) is 13.2 Å². The van der Waals surface area contributed by atoms with Crippen LogP contribution < -0.4 is 10.1 Å². The lowest BCUT2D eigenvalue weighted by molar-refractivity contribution is 0.309. The van der Waals surface area contributed by atoms with Crippen molar-refractivity contribution in [3.63, 3.8) is 0 Å². The van der Waals surface area contributed by atoms with Crippen LogP contribution in [0.5, 0.6) is 5.75 Å². The molecule has 1 aromatic carbocycles. The fourth-order valence-corrected chi connectivity index (χ4v) is 1.69. The molecule has 2 heteroatoms. The van der Waals surface area contributed by atoms with Gasteiger partial charge in [0, 0.05) is 18.3 Å². The van der Waals surface area contributed by atoms with Crippen LogP contribution in [0, 0.1) is 0 Å². The number of anilines is 1. The lowest BCUT2D eigenvalue weighted by Gasteiger charge is -2.07. The molecule has 76 valence electrons. The first kappa shape index (κ1) is 9.38. The minimum atomic E-state index is 0.829. The monoisotopic (exact) mass is 191 g/mol. The summed E-state index contributed by atoms with van der Waals surface area (Å²) in [5.41, 5.74) is 2.66. The fourth-order valence-electron chi connectivity index (χ4n) is 1.69. The highest BCUT2D eigenvalue weighted by Gasteiger charge is 2.09. The van der Waals surface area contributed by atoms with Gasteiger partial charge < -0.3 is 10.1 Å². The smallest absolute Gasteiger partial charge is 0.121 e. The van der Waals surface area contributed by atoms with Gasteiger partial charge in [-0.3, -0.25) is 0 Å². The largest absolute Gasteiger partial charge is 0.494 e. The Bertz CT molecular complexity index is 309. The van der Waals surface area contributed by atoms with Crippen molar-refractivity contribution < 1.29 is 4.74 Å². The average molecular weight is 191 g/mol. The van der Waals surface area contributed by atoms with E-state index >= 15 is 0 Å². The van der Waals surface area contributed by atoms with Gasteiger partial charge in [0.05, 0.1) is 6.61 Å². The number of fused-ring (bicyclic) bond motifs is 1. The lowest BCUT2D eigenvalue weighted by atomic mass is 10.1. The van der Waals surface area contributed by atoms with E-state index < -0.39 is 0 Å². The third kappa shape index (κ3) is 2.00. The van der Waals surface area contributed by atoms with Gasteiger partial charge in [-0.1, -0.05) is 19.4 Å². The number of hydrogen-bond acceptors (Lipinski definition) is 2. The van der Waals surface area contributed by atoms with E-state index in [1.165, 1.54) is 17.7 Å². The summed E-state index contributed by atoms with van der Waals surface area (Å²) in [5.74, 6) is 0.992. The second kappa shape index (κ2) is 4.36. The molecule has 0 unspecified atom stereocenters. The molecule has 0 saturated carbocycles. The number of unbranched alkanes of at least 4 members (excludes halogenated alkanes) is 1. The molecule has 0 aromatic heterocycles. The van der Waals surface area contributed by atoms with Crippen molar-refractivity contribution in [1.82, 2.24) is 0 Å². The van der Waals surface area contributed by atoms with E-state index in [0.717, 1.165) is 31.7 Å². The molecule has 1 aliphatic heterocycles. The molecule has 0 fully saturated rings. The van der Waals surface area contributed by atoms with Crippen LogP contribution in [0.2, 0.25) is 0 Å². The Morgan fingerprint density at radius 3 is 3.21 bits per heavy atom. The molecule has 1 aliphatic rings. The van der Waals surface area contributed by atoms with Crippen molar-refractivity contribution in [1.29, 1.82) is 0 Å². The number of hydrogen-bond donors (Lipinski definition) is 1. The highest BCUT2D eigenvalue weighted by atomic mass is 16.5. The summed E-state index contributed by atoms with van der Waals surface area (Å²) in [5, 5.41) is 3.35. The molecule has 14 heavy (non-hydrogen) atoms. The standard InChI is InChI=1S/C12H17NO/c1-2-3-8-14-11-5-4-10-6-7-13-12(10)9-11/h4-5,9,13H,2-3,6-8H2,1H3. The Balaban J connectivity index is 1.98. The Morgan fingerprint density at radius 1 is 1.43 bits per heavy atom. The summed E-state index contributed by atoms with van der Waals surface area (Å²) >= 11 is 0. The molecule has 0 aliphatic carbocycles. The van der Waals surface area contributed by atoms with E-state index in [-0.39, 0.29) is 0 Å². The zero-order valence-electron chi connectivity index (χ0n) is 8.68. The summed E-state index contributed by atoms with van der Waals surface area (Å²) in [7, 11) is 0. The fraction of sp³-hybridized carbons (Fsp3) is 0.500. The highest BCUT2D eigenvalue weighted by Crippen LogP contribution is 2.26. The minimum absolute atomic E-state index is 0.829. The van der Waals surface area contributed by atoms with E-state index in [0.29, 0.717) is 0 Å². The molecule has 0 radical (unpaired) electrons. The maximum atomic E-state index is 5.63. The summed E-state index contributed by atoms with van der Waals surface area (Å²) in [6.45, 7) is 4.07. The summed E-state index contributed by atoms with van der Waals surface area (Å²) in [4.78, 5) is 0. The van der Waals surface area contributed by atoms with E-state index in [1.54, 1.807) is 0 Å². The third-order valence-electron chi connectivity index (χ3n) is 2.56. The van der Waals surface area contributed by atoms with Crippen LogP contribution in [-0.2, 0) is 6.42 Å². The Labute approximate surface area is 85.3 Å². The van der Waals surface area contributed by atoms with Crippen molar-refractivity contribution in [2.24, 2.45) is 0 Å². The van der Waals surface area contributed by atoms with Crippen LogP contribution in [0.1, 0.15) is 25.3 Å². The second-order valence-corrected chi connectivity index (χ2v) is 3.70. The van der Waals surface area contributed by atoms with Gasteiger partial charge in [0.15, 0.2) is 0 Å². The molecule has 0 spiro atoms. The second-order valence-electron chi connectivity index (χ2n) is 3.70. The van der Waals surface area contributed by atoms with Crippen LogP contribution in [0.3, 0.4) is 0 Å². The molecule has 1 aromatic rings. The molecular weight excluding hydrogens is 174 g/mol. The third-order valence-corrected chi connectivity index (χ3v) is 2.56. The van der Waals surface area contributed by atoms with Crippen molar-refractivity contribution >= 4 is 5.69 Å². The van der Waals surface area contributed by atoms with Gasteiger partial charge in [-0.15, -0.1) is 0 Å². The lowest BCUT2D eigenvalue weighted by Crippen LogP contribution is -1.97. The summed E-state index contributed by atoms with van der Waals surface area (Å²) in [6.07, 6.45) is 3.46. The highest BCUT2D eigenvalue weighted by molar-refractivity contribution is 5.58. The molecule has 1 N–H and O–H groups in total. The van der Waals surface area contributed by atoms with Crippen LogP contribution in [0.4, 0.5) is 5.69 Å². The van der Waals surface area contributed by atoms with Crippen LogP contribution in [0.15, 0.2) is 18.2 Å². The zero-order chi connectivity index (χ0) is 9.80. The summed E-state index contributed by atoms with van der Waals surface area (Å²) in [6, 6.07) is 6.34. The predicted octanol–water partition coefficient (Wildman–Crippen LogP) is 2.83. The first-order chi connectivity index (χ1) is 6.90. The molecule has 2 rings (SSSR count).